The molecule has 0 fully saturated rings. The van der Waals surface area contributed by atoms with Crippen LogP contribution >= 0.6 is 31.9 Å². The molecule has 0 aliphatic carbocycles. The first-order valence-corrected chi connectivity index (χ1v) is 32.1. The van der Waals surface area contributed by atoms with Crippen LogP contribution in [0.25, 0.3) is 53.5 Å². The van der Waals surface area contributed by atoms with Crippen molar-refractivity contribution in [1.29, 1.82) is 0 Å². The van der Waals surface area contributed by atoms with Gasteiger partial charge in [-0.3, -0.25) is 0 Å². The maximum atomic E-state index is 6.71. The molecule has 380 valence electrons. The smallest absolute Gasteiger partial charge is 0.0654 e. The molecule has 0 spiro atoms. The van der Waals surface area contributed by atoms with Crippen molar-refractivity contribution < 1.29 is 18.9 Å². The van der Waals surface area contributed by atoms with Gasteiger partial charge in [0.1, 0.15) is 0 Å². The van der Waals surface area contributed by atoms with Crippen LogP contribution in [0.3, 0.4) is 0 Å². The summed E-state index contributed by atoms with van der Waals surface area (Å²) < 4.78 is 31.6. The van der Waals surface area contributed by atoms with Crippen molar-refractivity contribution in [2.75, 3.05) is 26.4 Å². The van der Waals surface area contributed by atoms with E-state index in [1.54, 1.807) is 0 Å². The Morgan fingerprint density at radius 2 is 0.671 bits per heavy atom. The summed E-state index contributed by atoms with van der Waals surface area (Å²) in [4.78, 5) is 11.5. The Hall–Kier alpha value is -2.84. The van der Waals surface area contributed by atoms with E-state index in [9.17, 15) is 0 Å². The molecule has 6 rings (SSSR count). The van der Waals surface area contributed by atoms with Gasteiger partial charge in [-0.2, -0.15) is 0 Å². The minimum absolute atomic E-state index is 0.135. The number of hydrogen-bond donors (Lipinski definition) is 0. The molecule has 0 amide bonds. The fraction of sp³-hybridized carbons (Fsp3) is 0.533. The van der Waals surface area contributed by atoms with Crippen LogP contribution in [-0.4, -0.2) is 65.4 Å². The molecular formula is C60H80Br2N2O4Se2. The Bertz CT molecular complexity index is 2270. The summed E-state index contributed by atoms with van der Waals surface area (Å²) in [7, 11) is 0. The van der Waals surface area contributed by atoms with Crippen molar-refractivity contribution in [1.82, 2.24) is 9.97 Å². The van der Waals surface area contributed by atoms with Gasteiger partial charge in [0.05, 0.1) is 0 Å². The fourth-order valence-corrected chi connectivity index (χ4v) is 14.1. The summed E-state index contributed by atoms with van der Waals surface area (Å²) in [6, 6.07) is 26.2. The molecule has 6 aromatic rings. The molecule has 0 N–H and O–H groups in total. The van der Waals surface area contributed by atoms with Crippen LogP contribution in [0.1, 0.15) is 182 Å². The van der Waals surface area contributed by atoms with E-state index in [0.29, 0.717) is 26.4 Å². The third kappa shape index (κ3) is 18.0. The SMILES string of the molecule is CCCCCCCCOc1ccc(-c2nc3c(-c4ccc(Br)[se]4)ccc(-c4ccc(Br)[se]4)c3nc2-c2ccc(OCCCCCCCC)c(OCCCCCCCC)c2)cc1OCCCCCCCC. The zero-order chi connectivity index (χ0) is 49.2. The number of benzene rings is 3. The molecule has 0 unspecified atom stereocenters. The van der Waals surface area contributed by atoms with Crippen LogP contribution in [0.4, 0.5) is 0 Å². The van der Waals surface area contributed by atoms with E-state index in [1.807, 2.05) is 0 Å². The Balaban J connectivity index is 1.45. The van der Waals surface area contributed by atoms with Crippen molar-refractivity contribution in [2.24, 2.45) is 0 Å². The van der Waals surface area contributed by atoms with Gasteiger partial charge in [0.2, 0.25) is 0 Å². The van der Waals surface area contributed by atoms with Crippen molar-refractivity contribution in [3.63, 3.8) is 0 Å². The zero-order valence-corrected chi connectivity index (χ0v) is 49.4. The van der Waals surface area contributed by atoms with Crippen molar-refractivity contribution in [3.8, 4) is 65.5 Å². The average molecular weight is 1210 g/mol. The molecule has 0 aliphatic rings. The molecular weight excluding hydrogens is 1130 g/mol. The summed E-state index contributed by atoms with van der Waals surface area (Å²) >= 11 is 7.90. The van der Waals surface area contributed by atoms with E-state index in [-0.39, 0.29) is 29.0 Å². The van der Waals surface area contributed by atoms with E-state index in [4.69, 9.17) is 28.9 Å². The van der Waals surface area contributed by atoms with Crippen molar-refractivity contribution in [2.45, 2.75) is 182 Å². The number of ether oxygens (including phenoxy) is 4. The van der Waals surface area contributed by atoms with Gasteiger partial charge in [0, 0.05) is 0 Å². The quantitative estimate of drug-likeness (QED) is 0.0289. The first-order chi connectivity index (χ1) is 34.4. The van der Waals surface area contributed by atoms with Gasteiger partial charge in [-0.05, 0) is 0 Å². The van der Waals surface area contributed by atoms with Gasteiger partial charge < -0.3 is 0 Å². The van der Waals surface area contributed by atoms with Crippen LogP contribution in [0.2, 0.25) is 0 Å². The topological polar surface area (TPSA) is 62.7 Å². The normalized spacial score (nSPS) is 11.5. The molecule has 3 aromatic carbocycles. The Kier molecular flexibility index (Phi) is 26.1. The standard InChI is InChI=1S/C60H80Br2N2O4Se2/c1-5-9-13-17-21-25-39-65-49-33-29-45(43-51(49)67-41-27-23-19-15-11-7-3)57-58(64-60-48(54-36-38-56(62)70-54)32-31-47(59(60)63-57)53-35-37-55(61)69-53)46-30-34-50(66-40-26-22-18-14-10-6-2)52(44-46)68-42-28-24-20-16-12-8-4/h29-38,43-44H,5-28,39-42H2,1-4H3. The minimum Gasteiger partial charge on any atom is -0.0654 e. The van der Waals surface area contributed by atoms with Gasteiger partial charge in [-0.1, -0.05) is 143 Å². The van der Waals surface area contributed by atoms with E-state index in [1.165, 1.54) is 131 Å². The van der Waals surface area contributed by atoms with Gasteiger partial charge >= 0.3 is 311 Å². The Morgan fingerprint density at radius 3 is 0.986 bits per heavy atom. The molecule has 6 nitrogen and oxygen atoms in total. The van der Waals surface area contributed by atoms with Crippen LogP contribution in [-0.2, 0) is 0 Å². The summed E-state index contributed by atoms with van der Waals surface area (Å²) in [6.45, 7) is 11.7. The molecule has 0 radical (unpaired) electrons. The van der Waals surface area contributed by atoms with Crippen LogP contribution in [0.15, 0.2) is 79.5 Å². The number of hydrogen-bond acceptors (Lipinski definition) is 6. The third-order valence-corrected chi connectivity index (χ3v) is 19.0. The number of nitrogens with zero attached hydrogens (tertiary/aromatic N) is 2. The van der Waals surface area contributed by atoms with Crippen LogP contribution < -0.4 is 18.9 Å². The number of aromatic nitrogens is 2. The van der Waals surface area contributed by atoms with Crippen LogP contribution in [0.5, 0.6) is 23.0 Å². The molecule has 3 heterocycles. The first kappa shape index (κ1) is 56.5. The molecule has 0 saturated carbocycles. The maximum absolute atomic E-state index is 6.71. The molecule has 0 atom stereocenters. The zero-order valence-electron chi connectivity index (χ0n) is 42.8. The fourth-order valence-electron chi connectivity index (χ4n) is 8.89. The molecule has 10 heteroatoms. The van der Waals surface area contributed by atoms with Gasteiger partial charge in [0.25, 0.3) is 0 Å². The Labute approximate surface area is 450 Å². The van der Waals surface area contributed by atoms with Crippen molar-refractivity contribution in [3.05, 3.63) is 79.5 Å². The molecule has 0 saturated heterocycles. The number of halogens is 2. The third-order valence-electron chi connectivity index (χ3n) is 13.0. The second-order valence-corrected chi connectivity index (χ2v) is 27.4. The summed E-state index contributed by atoms with van der Waals surface area (Å²) in [5.74, 6) is 3.12. The van der Waals surface area contributed by atoms with Crippen molar-refractivity contribution >= 4 is 71.9 Å². The van der Waals surface area contributed by atoms with Gasteiger partial charge in [-0.15, -0.1) is 0 Å². The number of rotatable bonds is 36. The molecule has 0 aliphatic heterocycles. The molecule has 0 bridgehead atoms. The molecule has 70 heavy (non-hydrogen) atoms. The summed E-state index contributed by atoms with van der Waals surface area (Å²) in [6.07, 6.45) is 29.0. The number of fused-ring (bicyclic) bond motifs is 1. The predicted molar refractivity (Wildman–Crippen MR) is 306 cm³/mol. The van der Waals surface area contributed by atoms with E-state index < -0.39 is 0 Å². The Morgan fingerprint density at radius 1 is 0.357 bits per heavy atom. The average Bonchev–Trinajstić information content (AvgIpc) is 4.02. The second-order valence-electron chi connectivity index (χ2n) is 18.8. The summed E-state index contributed by atoms with van der Waals surface area (Å²) in [5.41, 5.74) is 7.59. The monoisotopic (exact) mass is 1210 g/mol. The number of unbranched alkanes of at least 4 members (excludes halogenated alkanes) is 20. The first-order valence-electron chi connectivity index (χ1n) is 27.1. The predicted octanol–water partition coefficient (Wildman–Crippen LogP) is 18.9. The summed E-state index contributed by atoms with van der Waals surface area (Å²) in [5, 5.41) is 0. The van der Waals surface area contributed by atoms with Gasteiger partial charge in [0.15, 0.2) is 0 Å². The van der Waals surface area contributed by atoms with E-state index in [0.717, 1.165) is 106 Å². The molecule has 3 aromatic heterocycles. The van der Waals surface area contributed by atoms with Gasteiger partial charge in [-0.25, -0.2) is 0 Å². The second kappa shape index (κ2) is 32.4. The van der Waals surface area contributed by atoms with Crippen LogP contribution in [0, 0.1) is 0 Å². The minimum atomic E-state index is 0.135. The van der Waals surface area contributed by atoms with E-state index in [2.05, 4.69) is 132 Å². The van der Waals surface area contributed by atoms with E-state index >= 15 is 0 Å².